The number of aromatic nitrogens is 1. The molecule has 1 unspecified atom stereocenters. The quantitative estimate of drug-likeness (QED) is 0.268. The van der Waals surface area contributed by atoms with E-state index in [1.54, 1.807) is 12.3 Å². The van der Waals surface area contributed by atoms with Gasteiger partial charge in [-0.3, -0.25) is 0 Å². The Kier molecular flexibility index (Phi) is 9.63. The van der Waals surface area contributed by atoms with Crippen LogP contribution in [0.3, 0.4) is 0 Å². The molecular weight excluding hydrogens is 524 g/mol. The zero-order chi connectivity index (χ0) is 28.9. The Morgan fingerprint density at radius 2 is 1.59 bits per heavy atom. The predicted molar refractivity (Wildman–Crippen MR) is 134 cm³/mol. The molecule has 1 heterocycles. The molecule has 1 aliphatic rings. The Hall–Kier alpha value is -3.56. The molecule has 10 heteroatoms. The van der Waals surface area contributed by atoms with Crippen LogP contribution in [0.4, 0.5) is 26.3 Å². The molecule has 3 aromatic rings. The maximum absolute atomic E-state index is 15.0. The van der Waals surface area contributed by atoms with E-state index in [9.17, 15) is 26.3 Å². The number of nitrogens with zero attached hydrogens (tertiary/aromatic N) is 1. The molecule has 39 heavy (non-hydrogen) atoms. The number of pyridine rings is 1. The van der Waals surface area contributed by atoms with E-state index in [1.165, 1.54) is 0 Å². The van der Waals surface area contributed by atoms with Gasteiger partial charge in [0.15, 0.2) is 0 Å². The highest BCUT2D eigenvalue weighted by Gasteiger charge is 2.36. The van der Waals surface area contributed by atoms with Crippen LogP contribution in [0.2, 0.25) is 0 Å². The summed E-state index contributed by atoms with van der Waals surface area (Å²) in [6.45, 7) is 7.71. The molecule has 0 saturated carbocycles. The van der Waals surface area contributed by atoms with E-state index in [4.69, 9.17) is 14.3 Å². The molecule has 0 saturated heterocycles. The van der Waals surface area contributed by atoms with Gasteiger partial charge in [0.25, 0.3) is 0 Å². The lowest BCUT2D eigenvalue weighted by Crippen LogP contribution is -2.12. The van der Waals surface area contributed by atoms with Crippen LogP contribution in [0.5, 0.6) is 11.6 Å². The normalized spacial score (nSPS) is 14.6. The Morgan fingerprint density at radius 1 is 0.949 bits per heavy atom. The van der Waals surface area contributed by atoms with E-state index in [0.717, 1.165) is 42.2 Å². The largest absolute Gasteiger partial charge is 0.493 e. The number of rotatable bonds is 8. The van der Waals surface area contributed by atoms with Crippen LogP contribution in [0, 0.1) is 29.3 Å². The SMILES string of the molecule is C=O.CC(C)CCOc1cc(F)c(-c2cc(COc3cc4c(cn3)CC(C)C4)c(F)cc2C(F)(F)F)c(F)c1. The number of fused-ring (bicyclic) bond motifs is 1. The molecule has 1 aromatic heterocycles. The van der Waals surface area contributed by atoms with Crippen LogP contribution in [0.15, 0.2) is 36.5 Å². The number of halogens is 6. The second-order valence-electron chi connectivity index (χ2n) is 9.87. The fourth-order valence-corrected chi connectivity index (χ4v) is 4.40. The van der Waals surface area contributed by atoms with E-state index in [0.29, 0.717) is 18.3 Å². The van der Waals surface area contributed by atoms with Crippen molar-refractivity contribution in [3.05, 3.63) is 76.2 Å². The molecule has 1 aliphatic carbocycles. The second-order valence-corrected chi connectivity index (χ2v) is 9.87. The van der Waals surface area contributed by atoms with Crippen LogP contribution in [0.25, 0.3) is 11.1 Å². The molecule has 0 radical (unpaired) electrons. The van der Waals surface area contributed by atoms with Crippen molar-refractivity contribution in [1.82, 2.24) is 4.98 Å². The third kappa shape index (κ3) is 7.30. The average molecular weight is 554 g/mol. The van der Waals surface area contributed by atoms with E-state index in [2.05, 4.69) is 11.9 Å². The minimum absolute atomic E-state index is 0.143. The van der Waals surface area contributed by atoms with Crippen molar-refractivity contribution in [2.45, 2.75) is 52.8 Å². The molecule has 4 rings (SSSR count). The van der Waals surface area contributed by atoms with Gasteiger partial charge >= 0.3 is 6.18 Å². The molecule has 0 aliphatic heterocycles. The first-order valence-corrected chi connectivity index (χ1v) is 12.3. The number of ether oxygens (including phenoxy) is 2. The Bertz CT molecular complexity index is 1290. The fraction of sp³-hybridized carbons (Fsp3) is 0.379. The van der Waals surface area contributed by atoms with E-state index >= 15 is 0 Å². The summed E-state index contributed by atoms with van der Waals surface area (Å²) in [5.41, 5.74) is -1.41. The van der Waals surface area contributed by atoms with Crippen LogP contribution in [-0.4, -0.2) is 18.4 Å². The van der Waals surface area contributed by atoms with Crippen molar-refractivity contribution in [3.8, 4) is 22.8 Å². The molecule has 0 N–H and O–H groups in total. The number of benzene rings is 2. The zero-order valence-electron chi connectivity index (χ0n) is 21.8. The van der Waals surface area contributed by atoms with Crippen molar-refractivity contribution in [2.24, 2.45) is 11.8 Å². The highest BCUT2D eigenvalue weighted by atomic mass is 19.4. The molecule has 0 bridgehead atoms. The first-order valence-electron chi connectivity index (χ1n) is 12.3. The van der Waals surface area contributed by atoms with Gasteiger partial charge in [-0.2, -0.15) is 13.2 Å². The van der Waals surface area contributed by atoms with Crippen molar-refractivity contribution in [1.29, 1.82) is 0 Å². The summed E-state index contributed by atoms with van der Waals surface area (Å²) in [6, 6.07) is 4.38. The number of carbonyl (C=O) groups is 1. The molecule has 210 valence electrons. The number of alkyl halides is 3. The smallest absolute Gasteiger partial charge is 0.417 e. The van der Waals surface area contributed by atoms with Crippen molar-refractivity contribution in [2.75, 3.05) is 6.61 Å². The van der Waals surface area contributed by atoms with Crippen LogP contribution in [0.1, 0.15) is 49.4 Å². The van der Waals surface area contributed by atoms with E-state index in [-0.39, 0.29) is 29.9 Å². The van der Waals surface area contributed by atoms with Gasteiger partial charge in [-0.1, -0.05) is 20.8 Å². The maximum atomic E-state index is 15.0. The second kappa shape index (κ2) is 12.5. The summed E-state index contributed by atoms with van der Waals surface area (Å²) in [7, 11) is 0. The van der Waals surface area contributed by atoms with Gasteiger partial charge in [0, 0.05) is 35.5 Å². The summed E-state index contributed by atoms with van der Waals surface area (Å²) >= 11 is 0. The average Bonchev–Trinajstić information content (AvgIpc) is 3.23. The topological polar surface area (TPSA) is 48.4 Å². The summed E-state index contributed by atoms with van der Waals surface area (Å²) in [6.07, 6.45) is -1.04. The molecule has 0 fully saturated rings. The number of hydrogen-bond acceptors (Lipinski definition) is 4. The van der Waals surface area contributed by atoms with Gasteiger partial charge in [-0.15, -0.1) is 0 Å². The highest BCUT2D eigenvalue weighted by molar-refractivity contribution is 5.71. The highest BCUT2D eigenvalue weighted by Crippen LogP contribution is 2.41. The lowest BCUT2D eigenvalue weighted by Gasteiger charge is -2.18. The van der Waals surface area contributed by atoms with Crippen LogP contribution < -0.4 is 9.47 Å². The summed E-state index contributed by atoms with van der Waals surface area (Å²) in [4.78, 5) is 12.2. The third-order valence-corrected chi connectivity index (χ3v) is 6.31. The van der Waals surface area contributed by atoms with Gasteiger partial charge in [0.1, 0.15) is 36.6 Å². The first kappa shape index (κ1) is 30.0. The molecule has 2 aromatic carbocycles. The number of hydrogen-bond donors (Lipinski definition) is 0. The van der Waals surface area contributed by atoms with Gasteiger partial charge in [0.2, 0.25) is 5.88 Å². The third-order valence-electron chi connectivity index (χ3n) is 6.31. The monoisotopic (exact) mass is 553 g/mol. The van der Waals surface area contributed by atoms with Crippen molar-refractivity contribution < 1.29 is 40.6 Å². The predicted octanol–water partition coefficient (Wildman–Crippen LogP) is 7.74. The molecule has 0 amide bonds. The zero-order valence-corrected chi connectivity index (χ0v) is 21.8. The maximum Gasteiger partial charge on any atom is 0.417 e. The standard InChI is InChI=1S/C28H27F6NO2.CH2O/c1-15(2)4-5-36-20-10-24(30)27(25(31)11-20)21-8-19(23(29)12-22(21)28(32,33)34)14-37-26-9-17-6-16(3)7-18(17)13-35-26;1-2/h8-13,15-16H,4-7,14H2,1-3H3;1H2. The summed E-state index contributed by atoms with van der Waals surface area (Å²) in [5, 5.41) is 0. The van der Waals surface area contributed by atoms with Gasteiger partial charge in [0.05, 0.1) is 17.7 Å². The summed E-state index contributed by atoms with van der Waals surface area (Å²) in [5.74, 6) is -2.92. The molecule has 0 spiro atoms. The lowest BCUT2D eigenvalue weighted by atomic mass is 9.95. The first-order chi connectivity index (χ1) is 18.4. The van der Waals surface area contributed by atoms with Gasteiger partial charge in [-0.25, -0.2) is 18.2 Å². The molecule has 1 atom stereocenters. The minimum atomic E-state index is -5.06. The fourth-order valence-electron chi connectivity index (χ4n) is 4.40. The van der Waals surface area contributed by atoms with Crippen molar-refractivity contribution >= 4 is 6.79 Å². The van der Waals surface area contributed by atoms with Gasteiger partial charge in [-0.05, 0) is 54.4 Å². The Balaban J connectivity index is 0.00000205. The lowest BCUT2D eigenvalue weighted by molar-refractivity contribution is -0.137. The minimum Gasteiger partial charge on any atom is -0.493 e. The van der Waals surface area contributed by atoms with Gasteiger partial charge < -0.3 is 14.3 Å². The number of carbonyl (C=O) groups excluding carboxylic acids is 1. The van der Waals surface area contributed by atoms with E-state index < -0.39 is 46.9 Å². The Morgan fingerprint density at radius 3 is 2.21 bits per heavy atom. The van der Waals surface area contributed by atoms with E-state index in [1.807, 2.05) is 20.6 Å². The summed E-state index contributed by atoms with van der Waals surface area (Å²) < 4.78 is 96.8. The Labute approximate surface area is 223 Å². The van der Waals surface area contributed by atoms with Crippen LogP contribution in [-0.2, 0) is 30.4 Å². The van der Waals surface area contributed by atoms with Crippen molar-refractivity contribution in [3.63, 3.8) is 0 Å². The van der Waals surface area contributed by atoms with Crippen LogP contribution >= 0.6 is 0 Å². The molecular formula is C29H29F6NO3. The molecule has 4 nitrogen and oxygen atoms in total.